The predicted molar refractivity (Wildman–Crippen MR) is 188 cm³/mol. The maximum atomic E-state index is 14.4. The third kappa shape index (κ3) is 6.81. The van der Waals surface area contributed by atoms with E-state index in [1.165, 1.54) is 0 Å². The Balaban J connectivity index is 1.29. The molecule has 2 saturated heterocycles. The van der Waals surface area contributed by atoms with Gasteiger partial charge >= 0.3 is 6.03 Å². The molecule has 2 aliphatic heterocycles. The van der Waals surface area contributed by atoms with Gasteiger partial charge in [0, 0.05) is 52.4 Å². The molecule has 0 radical (unpaired) electrons. The number of hydrazine groups is 1. The van der Waals surface area contributed by atoms with E-state index in [-0.39, 0.29) is 43.1 Å². The molecule has 1 unspecified atom stereocenters. The average Bonchev–Trinajstić information content (AvgIpc) is 3.40. The average molecular weight is 651 g/mol. The summed E-state index contributed by atoms with van der Waals surface area (Å²) < 4.78 is 5.40. The van der Waals surface area contributed by atoms with Gasteiger partial charge in [0.1, 0.15) is 12.2 Å². The molecule has 3 aliphatic rings. The van der Waals surface area contributed by atoms with Crippen LogP contribution in [0.5, 0.6) is 0 Å². The van der Waals surface area contributed by atoms with E-state index in [1.54, 1.807) is 17.0 Å². The smallest absolute Gasteiger partial charge is 0.332 e. The molecule has 4 amide bonds. The number of rotatable bonds is 10. The number of benzene rings is 3. The standard InChI is InChI=1S/C38H46N6O4/c1-26(2)44(38(47)39-22-28-15-19-32(48-5)20-16-28)42-25-36(45)43-34(21-27-13-17-31(18-14-27)40(3)4)37(46)41(24-35(42)43)23-30-11-8-10-29-9-6-7-12-33(29)30/h6-19,26,32,34-35H,20-25H2,1-5H3,(H,39,47)/t32?,34-,35+/m0/s1. The van der Waals surface area contributed by atoms with Gasteiger partial charge in [0.05, 0.1) is 19.2 Å². The van der Waals surface area contributed by atoms with Crippen LogP contribution in [-0.4, -0.2) is 103 Å². The lowest BCUT2D eigenvalue weighted by atomic mass is 9.98. The first-order valence-electron chi connectivity index (χ1n) is 16.7. The monoisotopic (exact) mass is 650 g/mol. The molecule has 3 aromatic carbocycles. The van der Waals surface area contributed by atoms with E-state index in [2.05, 4.69) is 35.7 Å². The van der Waals surface area contributed by atoms with Crippen LogP contribution in [-0.2, 0) is 27.3 Å². The van der Waals surface area contributed by atoms with Crippen LogP contribution in [0, 0.1) is 0 Å². The van der Waals surface area contributed by atoms with Crippen molar-refractivity contribution < 1.29 is 19.1 Å². The van der Waals surface area contributed by atoms with Gasteiger partial charge in [-0.3, -0.25) is 14.6 Å². The van der Waals surface area contributed by atoms with Crippen molar-refractivity contribution in [3.8, 4) is 0 Å². The Bertz CT molecular complexity index is 1710. The minimum atomic E-state index is -0.704. The summed E-state index contributed by atoms with van der Waals surface area (Å²) in [5.74, 6) is -0.243. The summed E-state index contributed by atoms with van der Waals surface area (Å²) in [6, 6.07) is 21.2. The number of hydrogen-bond donors (Lipinski definition) is 1. The summed E-state index contributed by atoms with van der Waals surface area (Å²) in [4.78, 5) is 47.7. The Morgan fingerprint density at radius 3 is 2.46 bits per heavy atom. The fourth-order valence-electron chi connectivity index (χ4n) is 7.01. The summed E-state index contributed by atoms with van der Waals surface area (Å²) in [5, 5.41) is 8.79. The SMILES string of the molecule is COC1C=CC(CNC(=O)N(C(C)C)N2CC(=O)N3[C@@H](Cc4ccc(N(C)C)cc4)C(=O)N(Cc4cccc5ccccc45)C[C@@H]32)=CC1. The van der Waals surface area contributed by atoms with Crippen molar-refractivity contribution >= 4 is 34.3 Å². The Hall–Kier alpha value is -4.67. The lowest BCUT2D eigenvalue weighted by Crippen LogP contribution is -2.66. The Labute approximate surface area is 283 Å². The number of piperazine rings is 1. The molecule has 48 heavy (non-hydrogen) atoms. The zero-order valence-corrected chi connectivity index (χ0v) is 28.5. The van der Waals surface area contributed by atoms with Crippen molar-refractivity contribution in [3.05, 3.63) is 102 Å². The molecule has 0 aromatic heterocycles. The number of nitrogens with one attached hydrogen (secondary N) is 1. The van der Waals surface area contributed by atoms with Crippen LogP contribution in [0.1, 0.15) is 31.4 Å². The zero-order chi connectivity index (χ0) is 33.9. The number of methoxy groups -OCH3 is 1. The summed E-state index contributed by atoms with van der Waals surface area (Å²) in [5.41, 5.74) is 4.08. The van der Waals surface area contributed by atoms with Crippen molar-refractivity contribution in [1.82, 2.24) is 25.1 Å². The summed E-state index contributed by atoms with van der Waals surface area (Å²) in [6.45, 7) is 4.96. The van der Waals surface area contributed by atoms with E-state index >= 15 is 0 Å². The number of carbonyl (C=O) groups excluding carboxylic acids is 3. The van der Waals surface area contributed by atoms with Crippen LogP contribution >= 0.6 is 0 Å². The van der Waals surface area contributed by atoms with Crippen LogP contribution in [0.3, 0.4) is 0 Å². The van der Waals surface area contributed by atoms with Crippen molar-refractivity contribution in [1.29, 1.82) is 0 Å². The zero-order valence-electron chi connectivity index (χ0n) is 28.5. The highest BCUT2D eigenvalue weighted by Crippen LogP contribution is 2.32. The number of ether oxygens (including phenoxy) is 1. The minimum absolute atomic E-state index is 0.0137. The number of amides is 4. The van der Waals surface area contributed by atoms with E-state index in [0.717, 1.165) is 39.6 Å². The quantitative estimate of drug-likeness (QED) is 0.346. The first kappa shape index (κ1) is 33.2. The molecule has 1 N–H and O–H groups in total. The van der Waals surface area contributed by atoms with Crippen LogP contribution in [0.2, 0.25) is 0 Å². The third-order valence-electron chi connectivity index (χ3n) is 9.55. The number of anilines is 1. The van der Waals surface area contributed by atoms with E-state index in [0.29, 0.717) is 19.5 Å². The first-order valence-corrected chi connectivity index (χ1v) is 16.7. The molecule has 252 valence electrons. The highest BCUT2D eigenvalue weighted by molar-refractivity contribution is 5.92. The van der Waals surface area contributed by atoms with Gasteiger partial charge in [-0.15, -0.1) is 0 Å². The second kappa shape index (κ2) is 14.2. The molecule has 0 saturated carbocycles. The normalized spacial score (nSPS) is 21.1. The van der Waals surface area contributed by atoms with E-state index in [4.69, 9.17) is 4.74 Å². The molecule has 3 atom stereocenters. The number of urea groups is 1. The van der Waals surface area contributed by atoms with Gasteiger partial charge < -0.3 is 24.8 Å². The van der Waals surface area contributed by atoms with Gasteiger partial charge in [0.15, 0.2) is 0 Å². The van der Waals surface area contributed by atoms with Gasteiger partial charge in [-0.05, 0) is 59.9 Å². The van der Waals surface area contributed by atoms with Gasteiger partial charge in [-0.25, -0.2) is 4.79 Å². The van der Waals surface area contributed by atoms with E-state index in [1.807, 2.05) is 97.4 Å². The molecule has 6 rings (SSSR count). The molecule has 3 aromatic rings. The van der Waals surface area contributed by atoms with Crippen molar-refractivity contribution in [3.63, 3.8) is 0 Å². The second-order valence-corrected chi connectivity index (χ2v) is 13.3. The maximum absolute atomic E-state index is 14.4. The van der Waals surface area contributed by atoms with Gasteiger partial charge in [-0.2, -0.15) is 5.01 Å². The van der Waals surface area contributed by atoms with E-state index < -0.39 is 12.2 Å². The number of carbonyl (C=O) groups is 3. The highest BCUT2D eigenvalue weighted by atomic mass is 16.5. The molecule has 2 heterocycles. The number of nitrogens with zero attached hydrogens (tertiary/aromatic N) is 5. The number of fused-ring (bicyclic) bond motifs is 2. The van der Waals surface area contributed by atoms with E-state index in [9.17, 15) is 14.4 Å². The maximum Gasteiger partial charge on any atom is 0.332 e. The lowest BCUT2D eigenvalue weighted by molar-refractivity contribution is -0.158. The molecule has 2 fully saturated rings. The lowest BCUT2D eigenvalue weighted by Gasteiger charge is -2.47. The molecule has 0 spiro atoms. The van der Waals surface area contributed by atoms with Crippen LogP contribution in [0.25, 0.3) is 10.8 Å². The summed E-state index contributed by atoms with van der Waals surface area (Å²) in [6.07, 6.45) is 6.73. The highest BCUT2D eigenvalue weighted by Gasteiger charge is 2.52. The first-order chi connectivity index (χ1) is 23.1. The van der Waals surface area contributed by atoms with Crippen LogP contribution < -0.4 is 10.2 Å². The van der Waals surface area contributed by atoms with Crippen molar-refractivity contribution in [2.75, 3.05) is 45.7 Å². The van der Waals surface area contributed by atoms with Crippen LogP contribution in [0.4, 0.5) is 10.5 Å². The predicted octanol–water partition coefficient (Wildman–Crippen LogP) is 4.57. The number of hydrogen-bond acceptors (Lipinski definition) is 6. The summed E-state index contributed by atoms with van der Waals surface area (Å²) in [7, 11) is 5.66. The van der Waals surface area contributed by atoms with Crippen molar-refractivity contribution in [2.24, 2.45) is 0 Å². The van der Waals surface area contributed by atoms with Crippen LogP contribution in [0.15, 0.2) is 90.5 Å². The fraction of sp³-hybridized carbons (Fsp3) is 0.395. The van der Waals surface area contributed by atoms with Crippen molar-refractivity contribution in [2.45, 2.75) is 57.6 Å². The third-order valence-corrected chi connectivity index (χ3v) is 9.55. The Morgan fingerprint density at radius 1 is 1.02 bits per heavy atom. The fourth-order valence-corrected chi connectivity index (χ4v) is 7.01. The Morgan fingerprint density at radius 2 is 1.77 bits per heavy atom. The molecule has 10 nitrogen and oxygen atoms in total. The van der Waals surface area contributed by atoms with Gasteiger partial charge in [0.25, 0.3) is 0 Å². The second-order valence-electron chi connectivity index (χ2n) is 13.3. The molecule has 10 heteroatoms. The topological polar surface area (TPSA) is 88.7 Å². The minimum Gasteiger partial charge on any atom is -0.378 e. The molecule has 1 aliphatic carbocycles. The molecule has 0 bridgehead atoms. The molecular formula is C38H46N6O4. The van der Waals surface area contributed by atoms with Gasteiger partial charge in [-0.1, -0.05) is 72.8 Å². The molecular weight excluding hydrogens is 604 g/mol. The van der Waals surface area contributed by atoms with Gasteiger partial charge in [0.2, 0.25) is 11.8 Å². The summed E-state index contributed by atoms with van der Waals surface area (Å²) >= 11 is 0. The Kier molecular flexibility index (Phi) is 9.84. The largest absolute Gasteiger partial charge is 0.378 e.